The molecule has 14 heavy (non-hydrogen) atoms. The highest BCUT2D eigenvalue weighted by molar-refractivity contribution is 5.76. The van der Waals surface area contributed by atoms with E-state index >= 15 is 0 Å². The molecule has 0 radical (unpaired) electrons. The van der Waals surface area contributed by atoms with Gasteiger partial charge in [-0.3, -0.25) is 4.79 Å². The van der Waals surface area contributed by atoms with Gasteiger partial charge in [0.15, 0.2) is 0 Å². The molecule has 2 N–H and O–H groups in total. The Morgan fingerprint density at radius 2 is 2.21 bits per heavy atom. The molecule has 0 aliphatic heterocycles. The van der Waals surface area contributed by atoms with Crippen molar-refractivity contribution in [1.29, 1.82) is 0 Å². The molecule has 78 valence electrons. The lowest BCUT2D eigenvalue weighted by Crippen LogP contribution is -2.27. The van der Waals surface area contributed by atoms with Gasteiger partial charge in [0, 0.05) is 25.4 Å². The molecule has 0 bridgehead atoms. The fourth-order valence-corrected chi connectivity index (χ4v) is 1.18. The third-order valence-electron chi connectivity index (χ3n) is 2.18. The zero-order chi connectivity index (χ0) is 10.2. The average Bonchev–Trinajstić information content (AvgIpc) is 2.98. The maximum absolute atomic E-state index is 11.1. The van der Waals surface area contributed by atoms with Crippen LogP contribution in [0.25, 0.3) is 0 Å². The first kappa shape index (κ1) is 11.1. The number of carbonyl (C=O) groups is 1. The second-order valence-corrected chi connectivity index (χ2v) is 3.64. The van der Waals surface area contributed by atoms with Crippen molar-refractivity contribution in [1.82, 2.24) is 10.6 Å². The minimum atomic E-state index is 0.0642. The number of hydrogen-bond acceptors (Lipinski definition) is 2. The molecule has 0 aromatic heterocycles. The van der Waals surface area contributed by atoms with Crippen molar-refractivity contribution in [2.45, 2.75) is 38.1 Å². The molecule has 0 aromatic carbocycles. The van der Waals surface area contributed by atoms with E-state index in [1.165, 1.54) is 12.8 Å². The molecule has 1 rings (SSSR count). The van der Waals surface area contributed by atoms with Gasteiger partial charge >= 0.3 is 0 Å². The van der Waals surface area contributed by atoms with Gasteiger partial charge in [-0.25, -0.2) is 0 Å². The van der Waals surface area contributed by atoms with E-state index in [0.717, 1.165) is 25.6 Å². The van der Waals surface area contributed by atoms with Gasteiger partial charge in [-0.1, -0.05) is 0 Å². The Kier molecular flexibility index (Phi) is 5.09. The fourth-order valence-electron chi connectivity index (χ4n) is 1.18. The predicted octanol–water partition coefficient (Wildman–Crippen LogP) is 0.658. The summed E-state index contributed by atoms with van der Waals surface area (Å²) in [5.41, 5.74) is 0. The van der Waals surface area contributed by atoms with Crippen LogP contribution in [-0.4, -0.2) is 25.0 Å². The van der Waals surface area contributed by atoms with Crippen LogP contribution < -0.4 is 10.6 Å². The zero-order valence-corrected chi connectivity index (χ0v) is 8.51. The lowest BCUT2D eigenvalue weighted by atomic mass is 10.3. The van der Waals surface area contributed by atoms with Gasteiger partial charge in [-0.15, -0.1) is 12.3 Å². The summed E-state index contributed by atoms with van der Waals surface area (Å²) in [4.78, 5) is 11.1. The monoisotopic (exact) mass is 194 g/mol. The molecule has 3 heteroatoms. The first-order valence-electron chi connectivity index (χ1n) is 5.26. The van der Waals surface area contributed by atoms with E-state index in [0.29, 0.717) is 12.8 Å². The minimum Gasteiger partial charge on any atom is -0.356 e. The van der Waals surface area contributed by atoms with Crippen molar-refractivity contribution in [3.05, 3.63) is 0 Å². The van der Waals surface area contributed by atoms with Gasteiger partial charge in [0.25, 0.3) is 0 Å². The molecule has 0 aromatic rings. The highest BCUT2D eigenvalue weighted by Gasteiger charge is 2.19. The number of rotatable bonds is 7. The average molecular weight is 194 g/mol. The van der Waals surface area contributed by atoms with E-state index in [9.17, 15) is 4.79 Å². The molecule has 1 aliphatic carbocycles. The Morgan fingerprint density at radius 3 is 2.86 bits per heavy atom. The summed E-state index contributed by atoms with van der Waals surface area (Å²) in [6, 6.07) is 0.757. The Labute approximate surface area is 85.6 Å². The van der Waals surface area contributed by atoms with Crippen molar-refractivity contribution in [3.8, 4) is 12.3 Å². The summed E-state index contributed by atoms with van der Waals surface area (Å²) in [5.74, 6) is 2.51. The van der Waals surface area contributed by atoms with Gasteiger partial charge in [-0.05, 0) is 25.8 Å². The summed E-state index contributed by atoms with van der Waals surface area (Å²) in [5, 5.41) is 6.23. The summed E-state index contributed by atoms with van der Waals surface area (Å²) >= 11 is 0. The number of nitrogens with one attached hydrogen (secondary N) is 2. The summed E-state index contributed by atoms with van der Waals surface area (Å²) < 4.78 is 0. The van der Waals surface area contributed by atoms with Crippen molar-refractivity contribution in [2.75, 3.05) is 13.1 Å². The third-order valence-corrected chi connectivity index (χ3v) is 2.18. The predicted molar refractivity (Wildman–Crippen MR) is 56.7 cm³/mol. The summed E-state index contributed by atoms with van der Waals surface area (Å²) in [7, 11) is 0. The molecule has 0 atom stereocenters. The smallest absolute Gasteiger partial charge is 0.220 e. The van der Waals surface area contributed by atoms with Gasteiger partial charge in [0.1, 0.15) is 0 Å². The maximum atomic E-state index is 11.1. The molecule has 3 nitrogen and oxygen atoms in total. The van der Waals surface area contributed by atoms with E-state index in [4.69, 9.17) is 6.42 Å². The second-order valence-electron chi connectivity index (χ2n) is 3.64. The number of amides is 1. The van der Waals surface area contributed by atoms with E-state index in [-0.39, 0.29) is 5.91 Å². The molecule has 0 heterocycles. The van der Waals surface area contributed by atoms with Crippen molar-refractivity contribution < 1.29 is 4.79 Å². The molecule has 1 saturated carbocycles. The first-order valence-corrected chi connectivity index (χ1v) is 5.26. The molecule has 1 fully saturated rings. The quantitative estimate of drug-likeness (QED) is 0.462. The Morgan fingerprint density at radius 1 is 1.43 bits per heavy atom. The van der Waals surface area contributed by atoms with Crippen molar-refractivity contribution in [2.24, 2.45) is 0 Å². The van der Waals surface area contributed by atoms with Crippen LogP contribution in [0.2, 0.25) is 0 Å². The Hall–Kier alpha value is -1.01. The fraction of sp³-hybridized carbons (Fsp3) is 0.727. The first-order chi connectivity index (χ1) is 6.83. The molecule has 1 aliphatic rings. The largest absolute Gasteiger partial charge is 0.356 e. The van der Waals surface area contributed by atoms with Crippen LogP contribution in [0.1, 0.15) is 32.1 Å². The maximum Gasteiger partial charge on any atom is 0.220 e. The van der Waals surface area contributed by atoms with Gasteiger partial charge in [0.2, 0.25) is 5.91 Å². The van der Waals surface area contributed by atoms with Crippen LogP contribution in [0.5, 0.6) is 0 Å². The molecular formula is C11H18N2O. The van der Waals surface area contributed by atoms with E-state index in [2.05, 4.69) is 16.6 Å². The van der Waals surface area contributed by atoms with Crippen LogP contribution in [0.3, 0.4) is 0 Å². The Balaban J connectivity index is 1.82. The highest BCUT2D eigenvalue weighted by atomic mass is 16.1. The molecule has 1 amide bonds. The van der Waals surface area contributed by atoms with Gasteiger partial charge < -0.3 is 10.6 Å². The molecule has 0 spiro atoms. The van der Waals surface area contributed by atoms with Crippen LogP contribution >= 0.6 is 0 Å². The van der Waals surface area contributed by atoms with Gasteiger partial charge in [0.05, 0.1) is 0 Å². The van der Waals surface area contributed by atoms with E-state index in [1.54, 1.807) is 0 Å². The van der Waals surface area contributed by atoms with Crippen LogP contribution in [0, 0.1) is 12.3 Å². The normalized spacial score (nSPS) is 14.8. The number of terminal acetylenes is 1. The minimum absolute atomic E-state index is 0.0642. The van der Waals surface area contributed by atoms with Gasteiger partial charge in [-0.2, -0.15) is 0 Å². The standard InChI is InChI=1S/C11H18N2O/c1-2-3-5-11(14)13-9-4-8-12-10-6-7-10/h1,10,12H,3-9H2,(H,13,14). The topological polar surface area (TPSA) is 41.1 Å². The van der Waals surface area contributed by atoms with Crippen molar-refractivity contribution >= 4 is 5.91 Å². The zero-order valence-electron chi connectivity index (χ0n) is 8.51. The number of carbonyl (C=O) groups excluding carboxylic acids is 1. The lowest BCUT2D eigenvalue weighted by molar-refractivity contribution is -0.120. The molecular weight excluding hydrogens is 176 g/mol. The molecule has 0 unspecified atom stereocenters. The lowest BCUT2D eigenvalue weighted by Gasteiger charge is -2.04. The highest BCUT2D eigenvalue weighted by Crippen LogP contribution is 2.18. The van der Waals surface area contributed by atoms with Crippen LogP contribution in [0.15, 0.2) is 0 Å². The number of hydrogen-bond donors (Lipinski definition) is 2. The van der Waals surface area contributed by atoms with E-state index < -0.39 is 0 Å². The van der Waals surface area contributed by atoms with E-state index in [1.807, 2.05) is 0 Å². The Bertz CT molecular complexity index is 216. The summed E-state index contributed by atoms with van der Waals surface area (Å²) in [6.45, 7) is 1.75. The molecule has 0 saturated heterocycles. The third kappa shape index (κ3) is 5.60. The summed E-state index contributed by atoms with van der Waals surface area (Å²) in [6.07, 6.45) is 9.66. The van der Waals surface area contributed by atoms with Crippen LogP contribution in [-0.2, 0) is 4.79 Å². The van der Waals surface area contributed by atoms with Crippen LogP contribution in [0.4, 0.5) is 0 Å². The SMILES string of the molecule is C#CCCC(=O)NCCCNC1CC1. The second kappa shape index (κ2) is 6.44. The van der Waals surface area contributed by atoms with Crippen molar-refractivity contribution in [3.63, 3.8) is 0 Å².